The summed E-state index contributed by atoms with van der Waals surface area (Å²) in [5.74, 6) is 0.0482. The molecule has 0 saturated carbocycles. The predicted octanol–water partition coefficient (Wildman–Crippen LogP) is 5.12. The molecule has 0 radical (unpaired) electrons. The van der Waals surface area contributed by atoms with Crippen LogP contribution in [0.3, 0.4) is 0 Å². The Balaban J connectivity index is 1.46. The molecule has 0 bridgehead atoms. The van der Waals surface area contributed by atoms with Crippen LogP contribution in [0.1, 0.15) is 18.9 Å². The van der Waals surface area contributed by atoms with E-state index in [9.17, 15) is 22.7 Å². The number of piperidine rings is 1. The number of sulfonamides is 1. The Hall–Kier alpha value is -4.56. The van der Waals surface area contributed by atoms with Gasteiger partial charge in [0.25, 0.3) is 0 Å². The number of hydrogen-bond acceptors (Lipinski definition) is 9. The smallest absolute Gasteiger partial charge is 0.407 e. The average Bonchev–Trinajstić information content (AvgIpc) is 2.99. The van der Waals surface area contributed by atoms with Crippen molar-refractivity contribution in [2.75, 3.05) is 42.6 Å². The molecule has 2 aromatic carbocycles. The number of aromatic nitrogens is 3. The Morgan fingerprint density at radius 1 is 1.11 bits per heavy atom. The summed E-state index contributed by atoms with van der Waals surface area (Å²) in [5.41, 5.74) is 1.60. The zero-order valence-electron chi connectivity index (χ0n) is 24.4. The highest BCUT2D eigenvalue weighted by Crippen LogP contribution is 2.39. The van der Waals surface area contributed by atoms with Crippen molar-refractivity contribution in [1.29, 1.82) is 0 Å². The minimum atomic E-state index is -3.88. The zero-order valence-corrected chi connectivity index (χ0v) is 25.3. The number of pyridine rings is 1. The summed E-state index contributed by atoms with van der Waals surface area (Å²) in [7, 11) is -2.49. The van der Waals surface area contributed by atoms with E-state index in [1.807, 2.05) is 13.8 Å². The molecule has 2 atom stereocenters. The molecule has 0 aliphatic carbocycles. The van der Waals surface area contributed by atoms with Crippen LogP contribution in [-0.2, 0) is 14.8 Å². The number of aryl methyl sites for hydroxylation is 1. The molecule has 1 amide bonds. The van der Waals surface area contributed by atoms with Crippen molar-refractivity contribution in [3.05, 3.63) is 66.2 Å². The van der Waals surface area contributed by atoms with E-state index >= 15 is 0 Å². The summed E-state index contributed by atoms with van der Waals surface area (Å²) in [6, 6.07) is 11.1. The maximum absolute atomic E-state index is 14.9. The molecule has 1 fully saturated rings. The van der Waals surface area contributed by atoms with E-state index < -0.39 is 21.9 Å². The monoisotopic (exact) mass is 624 g/mol. The molecule has 1 saturated heterocycles. The number of rotatable bonds is 10. The van der Waals surface area contributed by atoms with Gasteiger partial charge in [0, 0.05) is 49.4 Å². The summed E-state index contributed by atoms with van der Waals surface area (Å²) in [6.07, 6.45) is 2.97. The van der Waals surface area contributed by atoms with Gasteiger partial charge in [-0.2, -0.15) is 0 Å². The Morgan fingerprint density at radius 2 is 1.91 bits per heavy atom. The Bertz CT molecular complexity index is 1790. The molecular weight excluding hydrogens is 591 g/mol. The first-order valence-electron chi connectivity index (χ1n) is 14.0. The molecule has 14 heteroatoms. The molecule has 0 spiro atoms. The molecular formula is C30H33FN6O6S. The number of hydrogen-bond donors (Lipinski definition) is 3. The molecule has 3 N–H and O–H groups in total. The number of carbonyl (C=O) groups is 1. The van der Waals surface area contributed by atoms with Crippen molar-refractivity contribution in [3.63, 3.8) is 0 Å². The molecule has 232 valence electrons. The molecule has 44 heavy (non-hydrogen) atoms. The summed E-state index contributed by atoms with van der Waals surface area (Å²) < 4.78 is 53.7. The maximum Gasteiger partial charge on any atom is 0.407 e. The van der Waals surface area contributed by atoms with Crippen LogP contribution < -0.4 is 14.8 Å². The molecule has 4 aromatic rings. The third kappa shape index (κ3) is 6.97. The van der Waals surface area contributed by atoms with Crippen molar-refractivity contribution in [1.82, 2.24) is 19.9 Å². The number of halogens is 1. The second kappa shape index (κ2) is 13.0. The maximum atomic E-state index is 14.9. The van der Waals surface area contributed by atoms with Gasteiger partial charge in [0.05, 0.1) is 29.3 Å². The fourth-order valence-electron chi connectivity index (χ4n) is 5.24. The van der Waals surface area contributed by atoms with E-state index in [4.69, 9.17) is 9.47 Å². The molecule has 1 aliphatic heterocycles. The number of fused-ring (bicyclic) bond motifs is 1. The quantitative estimate of drug-likeness (QED) is 0.216. The standard InChI is InChI=1S/C30H33FN6O6S/c1-18-15-20(17-37(16-18)30(38)39)34-29-33-12-10-25(35-29)23-5-4-11-32-28(23)43-27-19(2)6-7-21-22(27)8-9-24(31)26(21)36-44(40,41)14-13-42-3/h4-12,18,20,36H,13-17H2,1-3H3,(H,38,39)(H,33,34,35)/t18-,20+/m1/s1. The molecule has 12 nitrogen and oxygen atoms in total. The van der Waals surface area contributed by atoms with Gasteiger partial charge in [-0.25, -0.2) is 32.6 Å². The van der Waals surface area contributed by atoms with Gasteiger partial charge in [-0.15, -0.1) is 0 Å². The van der Waals surface area contributed by atoms with Crippen molar-refractivity contribution >= 4 is 38.5 Å². The summed E-state index contributed by atoms with van der Waals surface area (Å²) in [5, 5.41) is 13.5. The first kappa shape index (κ1) is 30.9. The second-order valence-corrected chi connectivity index (χ2v) is 12.6. The van der Waals surface area contributed by atoms with Crippen LogP contribution in [0.5, 0.6) is 11.6 Å². The van der Waals surface area contributed by atoms with Crippen molar-refractivity contribution < 1.29 is 32.2 Å². The van der Waals surface area contributed by atoms with Gasteiger partial charge in [-0.05, 0) is 55.2 Å². The number of anilines is 2. The topological polar surface area (TPSA) is 156 Å². The Labute approximate surface area is 254 Å². The van der Waals surface area contributed by atoms with Crippen LogP contribution in [0.2, 0.25) is 0 Å². The minimum absolute atomic E-state index is 0.0432. The zero-order chi connectivity index (χ0) is 31.4. The second-order valence-electron chi connectivity index (χ2n) is 10.7. The minimum Gasteiger partial charge on any atom is -0.465 e. The Kier molecular flexibility index (Phi) is 9.11. The van der Waals surface area contributed by atoms with Gasteiger partial charge in [0.2, 0.25) is 21.9 Å². The van der Waals surface area contributed by atoms with Crippen molar-refractivity contribution in [2.45, 2.75) is 26.3 Å². The van der Waals surface area contributed by atoms with Crippen LogP contribution in [0.25, 0.3) is 22.0 Å². The van der Waals surface area contributed by atoms with Crippen LogP contribution in [0.4, 0.5) is 20.8 Å². The number of carboxylic acid groups (broad SMARTS) is 1. The highest BCUT2D eigenvalue weighted by Gasteiger charge is 2.28. The largest absolute Gasteiger partial charge is 0.465 e. The molecule has 1 aliphatic rings. The summed E-state index contributed by atoms with van der Waals surface area (Å²) in [6.45, 7) is 4.58. The molecule has 0 unspecified atom stereocenters. The van der Waals surface area contributed by atoms with Crippen LogP contribution in [0, 0.1) is 18.7 Å². The lowest BCUT2D eigenvalue weighted by atomic mass is 9.96. The number of likely N-dealkylation sites (tertiary alicyclic amines) is 1. The van der Waals surface area contributed by atoms with E-state index in [-0.39, 0.29) is 35.9 Å². The normalized spacial score (nSPS) is 17.0. The van der Waals surface area contributed by atoms with Gasteiger partial charge >= 0.3 is 6.09 Å². The number of benzene rings is 2. The van der Waals surface area contributed by atoms with Crippen molar-refractivity contribution in [2.24, 2.45) is 5.92 Å². The number of amides is 1. The van der Waals surface area contributed by atoms with E-state index in [1.165, 1.54) is 24.1 Å². The fourth-order valence-corrected chi connectivity index (χ4v) is 6.24. The van der Waals surface area contributed by atoms with Gasteiger partial charge < -0.3 is 24.8 Å². The number of nitrogens with zero attached hydrogens (tertiary/aromatic N) is 4. The molecule has 3 heterocycles. The fraction of sp³-hybridized carbons (Fsp3) is 0.333. The summed E-state index contributed by atoms with van der Waals surface area (Å²) >= 11 is 0. The number of nitrogens with one attached hydrogen (secondary N) is 2. The van der Waals surface area contributed by atoms with Gasteiger partial charge in [-0.1, -0.05) is 19.1 Å². The lowest BCUT2D eigenvalue weighted by Gasteiger charge is -2.35. The van der Waals surface area contributed by atoms with Crippen molar-refractivity contribution in [3.8, 4) is 22.9 Å². The highest BCUT2D eigenvalue weighted by atomic mass is 32.2. The molecule has 5 rings (SSSR count). The lowest BCUT2D eigenvalue weighted by Crippen LogP contribution is -2.47. The van der Waals surface area contributed by atoms with Gasteiger partial charge in [0.1, 0.15) is 11.6 Å². The third-order valence-electron chi connectivity index (χ3n) is 7.28. The van der Waals surface area contributed by atoms with Crippen LogP contribution >= 0.6 is 0 Å². The lowest BCUT2D eigenvalue weighted by molar-refractivity contribution is 0.119. The van der Waals surface area contributed by atoms with Gasteiger partial charge in [-0.3, -0.25) is 4.72 Å². The predicted molar refractivity (Wildman–Crippen MR) is 164 cm³/mol. The van der Waals surface area contributed by atoms with E-state index in [0.29, 0.717) is 52.4 Å². The highest BCUT2D eigenvalue weighted by molar-refractivity contribution is 7.92. The first-order valence-corrected chi connectivity index (χ1v) is 15.6. The van der Waals surface area contributed by atoms with E-state index in [0.717, 1.165) is 6.42 Å². The Morgan fingerprint density at radius 3 is 2.68 bits per heavy atom. The average molecular weight is 625 g/mol. The van der Waals surface area contributed by atoms with E-state index in [2.05, 4.69) is 25.0 Å². The third-order valence-corrected chi connectivity index (χ3v) is 8.50. The first-order chi connectivity index (χ1) is 21.0. The number of ether oxygens (including phenoxy) is 2. The SMILES string of the molecule is COCCS(=O)(=O)Nc1c(F)ccc2c(Oc3ncccc3-c3ccnc(N[C@H]4C[C@@H](C)CN(C(=O)O)C4)n3)c(C)ccc12. The summed E-state index contributed by atoms with van der Waals surface area (Å²) in [4.78, 5) is 26.4. The van der Waals surface area contributed by atoms with E-state index in [1.54, 1.807) is 42.7 Å². The molecule has 2 aromatic heterocycles. The number of methoxy groups -OCH3 is 1. The van der Waals surface area contributed by atoms with Crippen LogP contribution in [0.15, 0.2) is 54.9 Å². The van der Waals surface area contributed by atoms with Crippen LogP contribution in [-0.4, -0.2) is 78.1 Å². The van der Waals surface area contributed by atoms with Gasteiger partial charge in [0.15, 0.2) is 0 Å².